The van der Waals surface area contributed by atoms with E-state index in [0.717, 1.165) is 49.4 Å². The number of nitrogens with one attached hydrogen (secondary N) is 1. The van der Waals surface area contributed by atoms with Crippen molar-refractivity contribution >= 4 is 11.6 Å². The van der Waals surface area contributed by atoms with Gasteiger partial charge in [-0.25, -0.2) is 0 Å². The Morgan fingerprint density at radius 3 is 3.00 bits per heavy atom. The Bertz CT molecular complexity index is 764. The summed E-state index contributed by atoms with van der Waals surface area (Å²) < 4.78 is 19.2. The molecule has 3 heterocycles. The predicted molar refractivity (Wildman–Crippen MR) is 98.8 cm³/mol. The lowest BCUT2D eigenvalue weighted by Crippen LogP contribution is -2.24. The van der Waals surface area contributed by atoms with E-state index >= 15 is 0 Å². The van der Waals surface area contributed by atoms with Crippen molar-refractivity contribution in [3.63, 3.8) is 0 Å². The van der Waals surface area contributed by atoms with Crippen molar-refractivity contribution in [2.75, 3.05) is 26.4 Å². The van der Waals surface area contributed by atoms with Gasteiger partial charge in [0.05, 0.1) is 30.5 Å². The molecule has 1 aromatic carbocycles. The number of hydrogen-bond donors (Lipinski definition) is 1. The maximum absolute atomic E-state index is 6.37. The van der Waals surface area contributed by atoms with E-state index in [-0.39, 0.29) is 6.10 Å². The van der Waals surface area contributed by atoms with Crippen molar-refractivity contribution < 1.29 is 14.2 Å². The fraction of sp³-hybridized carbons (Fsp3) is 0.526. The van der Waals surface area contributed by atoms with Gasteiger partial charge in [0.2, 0.25) is 0 Å². The molecule has 0 aliphatic carbocycles. The normalized spacial score (nSPS) is 22.4. The van der Waals surface area contributed by atoms with Gasteiger partial charge < -0.3 is 19.5 Å². The third kappa shape index (κ3) is 3.82. The molecule has 2 atom stereocenters. The van der Waals surface area contributed by atoms with E-state index in [2.05, 4.69) is 10.4 Å². The Morgan fingerprint density at radius 2 is 2.15 bits per heavy atom. The van der Waals surface area contributed by atoms with Crippen molar-refractivity contribution in [2.24, 2.45) is 13.0 Å². The summed E-state index contributed by atoms with van der Waals surface area (Å²) in [5, 5.41) is 8.41. The zero-order chi connectivity index (χ0) is 17.9. The number of fused-ring (bicyclic) bond motifs is 1. The molecule has 2 aromatic rings. The van der Waals surface area contributed by atoms with Crippen LogP contribution in [-0.2, 0) is 18.3 Å². The van der Waals surface area contributed by atoms with E-state index < -0.39 is 0 Å². The first-order chi connectivity index (χ1) is 12.7. The molecule has 1 N–H and O–H groups in total. The van der Waals surface area contributed by atoms with Crippen LogP contribution < -0.4 is 14.8 Å². The van der Waals surface area contributed by atoms with Gasteiger partial charge in [-0.05, 0) is 24.1 Å². The minimum atomic E-state index is 0.114. The highest BCUT2D eigenvalue weighted by molar-refractivity contribution is 6.32. The lowest BCUT2D eigenvalue weighted by Gasteiger charge is -2.18. The third-order valence-electron chi connectivity index (χ3n) is 4.87. The highest BCUT2D eigenvalue weighted by atomic mass is 35.5. The van der Waals surface area contributed by atoms with Gasteiger partial charge in [0, 0.05) is 50.8 Å². The van der Waals surface area contributed by atoms with Gasteiger partial charge in [-0.2, -0.15) is 5.10 Å². The van der Waals surface area contributed by atoms with Crippen molar-refractivity contribution in [3.8, 4) is 11.5 Å². The molecule has 0 radical (unpaired) electrons. The second-order valence-electron chi connectivity index (χ2n) is 6.87. The molecule has 0 bridgehead atoms. The Morgan fingerprint density at radius 1 is 1.27 bits per heavy atom. The molecular weight excluding hydrogens is 354 g/mol. The molecule has 7 heteroatoms. The van der Waals surface area contributed by atoms with Gasteiger partial charge in [-0.3, -0.25) is 4.68 Å². The minimum absolute atomic E-state index is 0.114. The van der Waals surface area contributed by atoms with Crippen molar-refractivity contribution in [3.05, 3.63) is 40.7 Å². The summed E-state index contributed by atoms with van der Waals surface area (Å²) in [6.07, 6.45) is 5.97. The van der Waals surface area contributed by atoms with Gasteiger partial charge in [0.1, 0.15) is 0 Å². The summed E-state index contributed by atoms with van der Waals surface area (Å²) in [5.41, 5.74) is 2.24. The lowest BCUT2D eigenvalue weighted by molar-refractivity contribution is 0.0904. The average molecular weight is 378 g/mol. The molecule has 2 aliphatic heterocycles. The number of hydrogen-bond acceptors (Lipinski definition) is 5. The molecular formula is C19H24ClN3O3. The molecule has 0 spiro atoms. The Kier molecular flexibility index (Phi) is 5.33. The standard InChI is InChI=1S/C19H24ClN3O3/c1-23-12-15(11-22-23)18-14(3-6-26-18)10-21-9-13-7-16(20)19-17(8-13)24-4-2-5-25-19/h7-8,11-12,14,18,21H,2-6,9-10H2,1H3/t14-,18+/m0/s1. The number of nitrogens with zero attached hydrogens (tertiary/aromatic N) is 2. The van der Waals surface area contributed by atoms with Crippen LogP contribution in [0.25, 0.3) is 0 Å². The van der Waals surface area contributed by atoms with E-state index in [0.29, 0.717) is 29.9 Å². The minimum Gasteiger partial charge on any atom is -0.489 e. The van der Waals surface area contributed by atoms with Gasteiger partial charge in [0.15, 0.2) is 11.5 Å². The molecule has 0 saturated carbocycles. The molecule has 1 saturated heterocycles. The Labute approximate surface area is 158 Å². The molecule has 0 amide bonds. The zero-order valence-electron chi connectivity index (χ0n) is 14.9. The fourth-order valence-electron chi connectivity index (χ4n) is 3.59. The number of benzene rings is 1. The summed E-state index contributed by atoms with van der Waals surface area (Å²) in [6.45, 7) is 3.70. The Hall–Kier alpha value is -1.76. The SMILES string of the molecule is Cn1cc([C@@H]2OCC[C@H]2CNCc2cc(Cl)c3c(c2)OCCCO3)cn1. The van der Waals surface area contributed by atoms with Crippen molar-refractivity contribution in [1.29, 1.82) is 0 Å². The second-order valence-corrected chi connectivity index (χ2v) is 7.28. The number of halogens is 1. The maximum atomic E-state index is 6.37. The molecule has 4 rings (SSSR count). The topological polar surface area (TPSA) is 57.5 Å². The molecule has 0 unspecified atom stereocenters. The summed E-state index contributed by atoms with van der Waals surface area (Å²) >= 11 is 6.37. The quantitative estimate of drug-likeness (QED) is 0.867. The molecule has 6 nitrogen and oxygen atoms in total. The first-order valence-corrected chi connectivity index (χ1v) is 9.47. The largest absolute Gasteiger partial charge is 0.489 e. The highest BCUT2D eigenvalue weighted by Crippen LogP contribution is 2.38. The summed E-state index contributed by atoms with van der Waals surface area (Å²) in [7, 11) is 1.93. The van der Waals surface area contributed by atoms with Crippen LogP contribution >= 0.6 is 11.6 Å². The van der Waals surface area contributed by atoms with Crippen LogP contribution in [0.4, 0.5) is 0 Å². The second kappa shape index (κ2) is 7.86. The van der Waals surface area contributed by atoms with E-state index in [9.17, 15) is 0 Å². The molecule has 140 valence electrons. The van der Waals surface area contributed by atoms with Crippen LogP contribution in [0.1, 0.15) is 30.1 Å². The van der Waals surface area contributed by atoms with Gasteiger partial charge >= 0.3 is 0 Å². The number of ether oxygens (including phenoxy) is 3. The molecule has 2 aliphatic rings. The van der Waals surface area contributed by atoms with Crippen LogP contribution in [0.2, 0.25) is 5.02 Å². The van der Waals surface area contributed by atoms with Gasteiger partial charge in [0.25, 0.3) is 0 Å². The van der Waals surface area contributed by atoms with Crippen LogP contribution in [0.3, 0.4) is 0 Å². The molecule has 26 heavy (non-hydrogen) atoms. The predicted octanol–water partition coefficient (Wildman–Crippen LogP) is 3.10. The van der Waals surface area contributed by atoms with Crippen LogP contribution in [0.15, 0.2) is 24.5 Å². The summed E-state index contributed by atoms with van der Waals surface area (Å²) in [4.78, 5) is 0. The van der Waals surface area contributed by atoms with E-state index in [1.165, 1.54) is 0 Å². The van der Waals surface area contributed by atoms with Gasteiger partial charge in [-0.15, -0.1) is 0 Å². The van der Waals surface area contributed by atoms with Crippen molar-refractivity contribution in [2.45, 2.75) is 25.5 Å². The average Bonchev–Trinajstić information content (AvgIpc) is 3.18. The van der Waals surface area contributed by atoms with Gasteiger partial charge in [-0.1, -0.05) is 11.6 Å². The van der Waals surface area contributed by atoms with E-state index in [1.54, 1.807) is 0 Å². The van der Waals surface area contributed by atoms with Crippen molar-refractivity contribution in [1.82, 2.24) is 15.1 Å². The molecule has 1 fully saturated rings. The lowest BCUT2D eigenvalue weighted by atomic mass is 9.97. The monoisotopic (exact) mass is 377 g/mol. The molecule has 1 aromatic heterocycles. The van der Waals surface area contributed by atoms with Crippen LogP contribution in [0.5, 0.6) is 11.5 Å². The highest BCUT2D eigenvalue weighted by Gasteiger charge is 2.30. The number of aryl methyl sites for hydroxylation is 1. The summed E-state index contributed by atoms with van der Waals surface area (Å²) in [5.74, 6) is 1.84. The third-order valence-corrected chi connectivity index (χ3v) is 5.15. The van der Waals surface area contributed by atoms with Crippen LogP contribution in [-0.4, -0.2) is 36.1 Å². The fourth-order valence-corrected chi connectivity index (χ4v) is 3.87. The Balaban J connectivity index is 1.37. The van der Waals surface area contributed by atoms with Crippen LogP contribution in [0, 0.1) is 5.92 Å². The zero-order valence-corrected chi connectivity index (χ0v) is 15.7. The van der Waals surface area contributed by atoms with E-state index in [4.69, 9.17) is 25.8 Å². The summed E-state index contributed by atoms with van der Waals surface area (Å²) in [6, 6.07) is 3.97. The van der Waals surface area contributed by atoms with E-state index in [1.807, 2.05) is 36.3 Å². The first kappa shape index (κ1) is 17.6. The first-order valence-electron chi connectivity index (χ1n) is 9.09. The maximum Gasteiger partial charge on any atom is 0.179 e. The number of rotatable bonds is 5. The smallest absolute Gasteiger partial charge is 0.179 e. The number of aromatic nitrogens is 2.